The third-order valence-corrected chi connectivity index (χ3v) is 27.4. The maximum absolute atomic E-state index is 7.94. The van der Waals surface area contributed by atoms with Gasteiger partial charge < -0.3 is 0 Å². The van der Waals surface area contributed by atoms with Crippen LogP contribution < -0.4 is 0 Å². The molecule has 148 valence electrons. The molecule has 0 bridgehead atoms. The van der Waals surface area contributed by atoms with Gasteiger partial charge in [0.2, 0.25) is 0 Å². The Morgan fingerprint density at radius 1 is 0.857 bits per heavy atom. The number of halogens is 2. The molecular formula is C25H30Cl2Zr. The van der Waals surface area contributed by atoms with Crippen LogP contribution in [0.25, 0.3) is 11.1 Å². The van der Waals surface area contributed by atoms with Crippen molar-refractivity contribution in [2.75, 3.05) is 0 Å². The molecule has 0 aliphatic heterocycles. The van der Waals surface area contributed by atoms with Crippen LogP contribution >= 0.6 is 17.0 Å². The molecule has 0 fully saturated rings. The molecule has 0 aromatic heterocycles. The minimum absolute atomic E-state index is 0.0482. The molecular weight excluding hydrogens is 462 g/mol. The molecule has 28 heavy (non-hydrogen) atoms. The van der Waals surface area contributed by atoms with Crippen LogP contribution in [0.3, 0.4) is 0 Å². The van der Waals surface area contributed by atoms with E-state index < -0.39 is 12.9 Å². The van der Waals surface area contributed by atoms with Crippen LogP contribution in [-0.4, -0.2) is 4.21 Å². The van der Waals surface area contributed by atoms with E-state index in [1.807, 2.05) is 0 Å². The van der Waals surface area contributed by atoms with Crippen LogP contribution in [-0.2, 0) is 12.9 Å². The van der Waals surface area contributed by atoms with Gasteiger partial charge in [-0.3, -0.25) is 0 Å². The third kappa shape index (κ3) is 2.85. The van der Waals surface area contributed by atoms with Gasteiger partial charge in [0.15, 0.2) is 0 Å². The molecule has 0 N–H and O–H groups in total. The fourth-order valence-electron chi connectivity index (χ4n) is 5.34. The summed E-state index contributed by atoms with van der Waals surface area (Å²) in [5, 5.41) is 0. The molecule has 0 radical (unpaired) electrons. The van der Waals surface area contributed by atoms with Crippen molar-refractivity contribution < 1.29 is 12.9 Å². The first kappa shape index (κ1) is 20.5. The van der Waals surface area contributed by atoms with E-state index in [-0.39, 0.29) is 12.7 Å². The molecule has 3 heteroatoms. The SMILES string of the molecule is [CH2]=[Zr]([CH3])([CH3])([Cl])([Cl])([CH]1C=CC(C(C)(C)C)=C1)[CH]1c2ccccc2-c2ccccc21. The predicted molar refractivity (Wildman–Crippen MR) is 125 cm³/mol. The molecule has 1 atom stereocenters. The van der Waals surface area contributed by atoms with Crippen molar-refractivity contribution in [3.8, 4) is 11.1 Å². The van der Waals surface area contributed by atoms with E-state index in [1.165, 1.54) is 27.8 Å². The number of fused-ring (bicyclic) bond motifs is 3. The van der Waals surface area contributed by atoms with E-state index in [0.29, 0.717) is 0 Å². The van der Waals surface area contributed by atoms with E-state index in [0.717, 1.165) is 0 Å². The average molecular weight is 493 g/mol. The topological polar surface area (TPSA) is 0 Å². The van der Waals surface area contributed by atoms with Gasteiger partial charge in [0.1, 0.15) is 0 Å². The van der Waals surface area contributed by atoms with Crippen molar-refractivity contribution in [1.29, 1.82) is 0 Å². The zero-order valence-corrected chi connectivity index (χ0v) is 21.4. The Labute approximate surface area is 170 Å². The molecule has 2 aliphatic carbocycles. The number of rotatable bonds is 2. The predicted octanol–water partition coefficient (Wildman–Crippen LogP) is 8.68. The molecule has 0 saturated carbocycles. The number of hydrogen-bond donors (Lipinski definition) is 0. The Kier molecular flexibility index (Phi) is 3.62. The summed E-state index contributed by atoms with van der Waals surface area (Å²) >= 11 is -5.71. The quantitative estimate of drug-likeness (QED) is 0.393. The summed E-state index contributed by atoms with van der Waals surface area (Å²) in [4.78, 5) is 0. The third-order valence-electron chi connectivity index (χ3n) is 7.06. The molecule has 2 aromatic carbocycles. The van der Waals surface area contributed by atoms with E-state index in [9.17, 15) is 0 Å². The molecule has 0 heterocycles. The zero-order chi connectivity index (χ0) is 20.7. The van der Waals surface area contributed by atoms with Gasteiger partial charge in [-0.25, -0.2) is 0 Å². The van der Waals surface area contributed by atoms with Gasteiger partial charge in [0.05, 0.1) is 0 Å². The molecule has 0 spiro atoms. The summed E-state index contributed by atoms with van der Waals surface area (Å²) in [5.74, 6) is 0. The van der Waals surface area contributed by atoms with Crippen molar-refractivity contribution in [3.63, 3.8) is 0 Å². The Morgan fingerprint density at radius 2 is 1.32 bits per heavy atom. The van der Waals surface area contributed by atoms with Crippen LogP contribution in [0.4, 0.5) is 0 Å². The number of benzene rings is 2. The number of allylic oxidation sites excluding steroid dienone is 4. The van der Waals surface area contributed by atoms with Crippen molar-refractivity contribution >= 4 is 21.2 Å². The summed E-state index contributed by atoms with van der Waals surface area (Å²) < 4.78 is 8.90. The van der Waals surface area contributed by atoms with E-state index in [1.54, 1.807) is 0 Å². The Morgan fingerprint density at radius 3 is 1.75 bits per heavy atom. The average Bonchev–Trinajstić information content (AvgIpc) is 3.18. The van der Waals surface area contributed by atoms with Crippen LogP contribution in [0, 0.1) is 5.41 Å². The fourth-order valence-corrected chi connectivity index (χ4v) is 22.3. The molecule has 1 unspecified atom stereocenters. The number of hydrogen-bond acceptors (Lipinski definition) is 0. The zero-order valence-electron chi connectivity index (χ0n) is 17.5. The van der Waals surface area contributed by atoms with Gasteiger partial charge >= 0.3 is 171 Å². The summed E-state index contributed by atoms with van der Waals surface area (Å²) in [6, 6.07) is 17.1. The Hall–Kier alpha value is -0.747. The van der Waals surface area contributed by atoms with Gasteiger partial charge in [0.25, 0.3) is 0 Å². The normalized spacial score (nSPS) is 23.2. The van der Waals surface area contributed by atoms with Crippen molar-refractivity contribution in [2.45, 2.75) is 37.3 Å². The second-order valence-corrected chi connectivity index (χ2v) is 57.5. The van der Waals surface area contributed by atoms with Gasteiger partial charge in [-0.15, -0.1) is 0 Å². The second kappa shape index (κ2) is 4.93. The van der Waals surface area contributed by atoms with Crippen LogP contribution in [0.5, 0.6) is 0 Å². The van der Waals surface area contributed by atoms with Crippen molar-refractivity contribution in [2.24, 2.45) is 5.41 Å². The molecule has 0 saturated heterocycles. The van der Waals surface area contributed by atoms with Gasteiger partial charge in [-0.1, -0.05) is 0 Å². The van der Waals surface area contributed by atoms with Gasteiger partial charge in [0, 0.05) is 0 Å². The van der Waals surface area contributed by atoms with Crippen molar-refractivity contribution in [3.05, 3.63) is 83.5 Å². The standard InChI is InChI=1S/C13H9.C9H13.2CH3.CH2.2ClH.Zr/c1-3-7-12-10(5-1)9-11-6-2-4-8-13(11)12;1-9(2,3)8-6-4-5-7-8;;;;;;/h1-9H;4-7H,1-3H3;2*1H3;1H2;2*1H;/q;;;;;;;+2/p-2. The summed E-state index contributed by atoms with van der Waals surface area (Å²) in [6.07, 6.45) is 6.70. The van der Waals surface area contributed by atoms with Crippen LogP contribution in [0.1, 0.15) is 35.5 Å². The summed E-state index contributed by atoms with van der Waals surface area (Å²) in [6.45, 7) is 6.68. The van der Waals surface area contributed by atoms with E-state index in [2.05, 4.69) is 96.8 Å². The van der Waals surface area contributed by atoms with E-state index >= 15 is 0 Å². The first-order valence-electron chi connectivity index (χ1n) is 10.1. The van der Waals surface area contributed by atoms with E-state index in [4.69, 9.17) is 21.2 Å². The summed E-state index contributed by atoms with van der Waals surface area (Å²) in [7, 11) is 15.9. The fraction of sp³-hybridized carbons (Fsp3) is 0.320. The molecule has 2 aliphatic rings. The summed E-state index contributed by atoms with van der Waals surface area (Å²) in [5.41, 5.74) is 6.20. The van der Waals surface area contributed by atoms with Gasteiger partial charge in [-0.05, 0) is 0 Å². The second-order valence-electron chi connectivity index (χ2n) is 11.8. The monoisotopic (exact) mass is 490 g/mol. The van der Waals surface area contributed by atoms with Crippen LogP contribution in [0.15, 0.2) is 72.3 Å². The first-order chi connectivity index (χ1) is 12.5. The molecule has 2 aromatic rings. The van der Waals surface area contributed by atoms with Crippen molar-refractivity contribution in [1.82, 2.24) is 0 Å². The molecule has 4 rings (SSSR count). The Bertz CT molecular complexity index is 1130. The van der Waals surface area contributed by atoms with Crippen LogP contribution in [0.2, 0.25) is 12.9 Å². The maximum atomic E-state index is 7.94. The molecule has 0 nitrogen and oxygen atoms in total. The van der Waals surface area contributed by atoms with Gasteiger partial charge in [-0.2, -0.15) is 0 Å². The first-order valence-corrected chi connectivity index (χ1v) is 25.9. The Balaban J connectivity index is 2.06. The minimum atomic E-state index is -5.71. The molecule has 0 amide bonds.